The molecule has 6 nitrogen and oxygen atoms in total. The Morgan fingerprint density at radius 1 is 1.07 bits per heavy atom. The minimum absolute atomic E-state index is 0.0203. The molecule has 1 heterocycles. The van der Waals surface area contributed by atoms with Crippen molar-refractivity contribution < 1.29 is 13.2 Å². The first-order valence-electron chi connectivity index (χ1n) is 8.99. The van der Waals surface area contributed by atoms with Crippen molar-refractivity contribution >= 4 is 21.8 Å². The molecule has 0 saturated heterocycles. The van der Waals surface area contributed by atoms with Crippen LogP contribution < -0.4 is 4.72 Å². The first kappa shape index (κ1) is 19.1. The van der Waals surface area contributed by atoms with E-state index < -0.39 is 10.0 Å². The first-order valence-corrected chi connectivity index (χ1v) is 10.5. The highest BCUT2D eigenvalue weighted by molar-refractivity contribution is 7.90. The van der Waals surface area contributed by atoms with Gasteiger partial charge in [-0.15, -0.1) is 0 Å². The molecule has 0 fully saturated rings. The van der Waals surface area contributed by atoms with Gasteiger partial charge in [0.15, 0.2) is 0 Å². The predicted molar refractivity (Wildman–Crippen MR) is 105 cm³/mol. The number of benzene rings is 2. The molecule has 2 aromatic rings. The number of likely N-dealkylation sites (N-methyl/N-ethyl adjacent to an activating group) is 1. The molecule has 27 heavy (non-hydrogen) atoms. The van der Waals surface area contributed by atoms with Gasteiger partial charge in [0.05, 0.1) is 11.4 Å². The van der Waals surface area contributed by atoms with E-state index in [1.807, 2.05) is 37.3 Å². The summed E-state index contributed by atoms with van der Waals surface area (Å²) < 4.78 is 26.6. The highest BCUT2D eigenvalue weighted by atomic mass is 32.2. The maximum atomic E-state index is 12.5. The normalized spacial score (nSPS) is 16.0. The zero-order valence-corrected chi connectivity index (χ0v) is 16.1. The molecule has 1 amide bonds. The molecule has 2 aromatic carbocycles. The fourth-order valence-corrected chi connectivity index (χ4v) is 4.29. The second-order valence-corrected chi connectivity index (χ2v) is 7.94. The van der Waals surface area contributed by atoms with Gasteiger partial charge in [0.25, 0.3) is 10.0 Å². The van der Waals surface area contributed by atoms with Crippen molar-refractivity contribution in [3.8, 4) is 0 Å². The number of hydrogen-bond acceptors (Lipinski definition) is 4. The van der Waals surface area contributed by atoms with E-state index in [1.165, 1.54) is 5.56 Å². The average Bonchev–Trinajstić information content (AvgIpc) is 2.94. The van der Waals surface area contributed by atoms with Gasteiger partial charge in [-0.25, -0.2) is 8.42 Å². The van der Waals surface area contributed by atoms with Gasteiger partial charge in [-0.1, -0.05) is 42.5 Å². The number of rotatable bonds is 7. The topological polar surface area (TPSA) is 78.8 Å². The molecule has 1 aliphatic heterocycles. The highest BCUT2D eigenvalue weighted by Gasteiger charge is 2.30. The molecule has 1 N–H and O–H groups in total. The van der Waals surface area contributed by atoms with Crippen LogP contribution in [-0.2, 0) is 21.2 Å². The van der Waals surface area contributed by atoms with Crippen LogP contribution in [0.15, 0.2) is 64.5 Å². The van der Waals surface area contributed by atoms with Gasteiger partial charge in [-0.05, 0) is 31.0 Å². The van der Waals surface area contributed by atoms with Crippen molar-refractivity contribution in [3.63, 3.8) is 0 Å². The maximum Gasteiger partial charge on any atom is 0.263 e. The summed E-state index contributed by atoms with van der Waals surface area (Å²) in [6.07, 6.45) is 1.05. The lowest BCUT2D eigenvalue weighted by Gasteiger charge is -2.20. The van der Waals surface area contributed by atoms with Crippen LogP contribution in [0.4, 0.5) is 0 Å². The summed E-state index contributed by atoms with van der Waals surface area (Å²) in [5.74, 6) is 0.331. The number of fused-ring (bicyclic) bond motifs is 1. The lowest BCUT2D eigenvalue weighted by Crippen LogP contribution is -2.33. The van der Waals surface area contributed by atoms with Gasteiger partial charge < -0.3 is 4.90 Å². The molecular weight excluding hydrogens is 362 g/mol. The van der Waals surface area contributed by atoms with Crippen molar-refractivity contribution in [2.24, 2.45) is 4.99 Å². The molecule has 0 aliphatic carbocycles. The number of carbonyl (C=O) groups excluding carboxylic acids is 1. The number of sulfonamides is 1. The van der Waals surface area contributed by atoms with Gasteiger partial charge >= 0.3 is 0 Å². The van der Waals surface area contributed by atoms with Crippen molar-refractivity contribution in [1.82, 2.24) is 9.62 Å². The summed E-state index contributed by atoms with van der Waals surface area (Å²) in [6.45, 7) is 3.49. The minimum atomic E-state index is -3.54. The summed E-state index contributed by atoms with van der Waals surface area (Å²) in [4.78, 5) is 18.8. The van der Waals surface area contributed by atoms with Gasteiger partial charge in [-0.2, -0.15) is 0 Å². The Kier molecular flexibility index (Phi) is 5.91. The molecule has 0 atom stereocenters. The van der Waals surface area contributed by atoms with Crippen LogP contribution in [0.3, 0.4) is 0 Å². The molecule has 0 aromatic heterocycles. The molecule has 0 saturated carbocycles. The van der Waals surface area contributed by atoms with Crippen molar-refractivity contribution in [3.05, 3.63) is 65.7 Å². The monoisotopic (exact) mass is 385 g/mol. The SMILES string of the molecule is CCN(CCc1ccccc1)C(=O)CCN=C1NS(=O)(=O)c2ccccc21. The zero-order valence-electron chi connectivity index (χ0n) is 15.3. The second kappa shape index (κ2) is 8.35. The van der Waals surface area contributed by atoms with E-state index in [9.17, 15) is 13.2 Å². The Hall–Kier alpha value is -2.67. The van der Waals surface area contributed by atoms with Gasteiger partial charge in [0.1, 0.15) is 5.84 Å². The van der Waals surface area contributed by atoms with Crippen LogP contribution in [0.1, 0.15) is 24.5 Å². The number of hydrogen-bond donors (Lipinski definition) is 1. The van der Waals surface area contributed by atoms with E-state index in [2.05, 4.69) is 9.71 Å². The first-order chi connectivity index (χ1) is 13.0. The van der Waals surface area contributed by atoms with Crippen LogP contribution in [0.2, 0.25) is 0 Å². The Morgan fingerprint density at radius 2 is 1.78 bits per heavy atom. The summed E-state index contributed by atoms with van der Waals surface area (Å²) in [7, 11) is -3.54. The number of amidine groups is 1. The summed E-state index contributed by atoms with van der Waals surface area (Å²) in [6, 6.07) is 16.8. The largest absolute Gasteiger partial charge is 0.343 e. The molecule has 3 rings (SSSR count). The van der Waals surface area contributed by atoms with Crippen LogP contribution in [0, 0.1) is 0 Å². The van der Waals surface area contributed by atoms with Crippen LogP contribution in [0.25, 0.3) is 0 Å². The molecule has 0 radical (unpaired) electrons. The molecule has 0 unspecified atom stereocenters. The van der Waals surface area contributed by atoms with Crippen LogP contribution >= 0.6 is 0 Å². The Bertz CT molecular complexity index is 940. The standard InChI is InChI=1S/C20H23N3O3S/c1-2-23(15-13-16-8-4-3-5-9-16)19(24)12-14-21-20-17-10-6-7-11-18(17)27(25,26)22-20/h3-11H,2,12-15H2,1H3,(H,21,22). The third-order valence-corrected chi connectivity index (χ3v) is 5.90. The van der Waals surface area contributed by atoms with Crippen LogP contribution in [0.5, 0.6) is 0 Å². The summed E-state index contributed by atoms with van der Waals surface area (Å²) in [5, 5.41) is 0. The predicted octanol–water partition coefficient (Wildman–Crippen LogP) is 2.21. The smallest absolute Gasteiger partial charge is 0.263 e. The zero-order chi connectivity index (χ0) is 19.3. The molecule has 0 spiro atoms. The number of carbonyl (C=O) groups is 1. The lowest BCUT2D eigenvalue weighted by molar-refractivity contribution is -0.130. The van der Waals surface area contributed by atoms with Gasteiger partial charge in [0.2, 0.25) is 5.91 Å². The Balaban J connectivity index is 1.58. The number of amides is 1. The lowest BCUT2D eigenvalue weighted by atomic mass is 10.1. The molecule has 1 aliphatic rings. The third kappa shape index (κ3) is 4.54. The molecule has 0 bridgehead atoms. The second-order valence-electron chi connectivity index (χ2n) is 6.29. The minimum Gasteiger partial charge on any atom is -0.343 e. The van der Waals surface area contributed by atoms with Crippen molar-refractivity contribution in [2.45, 2.75) is 24.7 Å². The average molecular weight is 385 g/mol. The van der Waals surface area contributed by atoms with E-state index >= 15 is 0 Å². The maximum absolute atomic E-state index is 12.5. The fourth-order valence-electron chi connectivity index (χ4n) is 3.04. The Morgan fingerprint density at radius 3 is 2.52 bits per heavy atom. The fraction of sp³-hybridized carbons (Fsp3) is 0.300. The molecular formula is C20H23N3O3S. The molecule has 7 heteroatoms. The summed E-state index contributed by atoms with van der Waals surface area (Å²) >= 11 is 0. The van der Waals surface area contributed by atoms with E-state index in [0.29, 0.717) is 24.5 Å². The molecule has 142 valence electrons. The van der Waals surface area contributed by atoms with Gasteiger partial charge in [-0.3, -0.25) is 14.5 Å². The van der Waals surface area contributed by atoms with Crippen LogP contribution in [-0.4, -0.2) is 44.7 Å². The van der Waals surface area contributed by atoms with E-state index in [0.717, 1.165) is 6.42 Å². The third-order valence-electron chi connectivity index (χ3n) is 4.51. The van der Waals surface area contributed by atoms with Gasteiger partial charge in [0, 0.05) is 25.1 Å². The van der Waals surface area contributed by atoms with E-state index in [-0.39, 0.29) is 23.8 Å². The van der Waals surface area contributed by atoms with Crippen molar-refractivity contribution in [1.29, 1.82) is 0 Å². The number of nitrogens with zero attached hydrogens (tertiary/aromatic N) is 2. The highest BCUT2D eigenvalue weighted by Crippen LogP contribution is 2.22. The number of aliphatic imine (C=N–C) groups is 1. The van der Waals surface area contributed by atoms with E-state index in [4.69, 9.17) is 0 Å². The number of nitrogens with one attached hydrogen (secondary N) is 1. The quantitative estimate of drug-likeness (QED) is 0.794. The Labute approximate surface area is 160 Å². The van der Waals surface area contributed by atoms with Crippen molar-refractivity contribution in [2.75, 3.05) is 19.6 Å². The van der Waals surface area contributed by atoms with E-state index in [1.54, 1.807) is 29.2 Å². The summed E-state index contributed by atoms with van der Waals surface area (Å²) in [5.41, 5.74) is 1.75.